The van der Waals surface area contributed by atoms with Crippen LogP contribution in [0.1, 0.15) is 33.6 Å². The molecular weight excluding hydrogens is 152 g/mol. The van der Waals surface area contributed by atoms with Gasteiger partial charge >= 0.3 is 0 Å². The monoisotopic (exact) mass is 172 g/mol. The van der Waals surface area contributed by atoms with E-state index in [1.54, 1.807) is 0 Å². The van der Waals surface area contributed by atoms with Crippen LogP contribution < -0.4 is 0 Å². The molecule has 0 spiro atoms. The quantitative estimate of drug-likeness (QED) is 0.646. The Balaban J connectivity index is 0.00000121. The van der Waals surface area contributed by atoms with E-state index in [4.69, 9.17) is 9.84 Å². The maximum Gasteiger partial charge on any atom is 0.0814 e. The van der Waals surface area contributed by atoms with Crippen LogP contribution >= 0.6 is 0 Å². The van der Waals surface area contributed by atoms with Gasteiger partial charge in [-0.2, -0.15) is 0 Å². The molecule has 1 rings (SSSR count). The summed E-state index contributed by atoms with van der Waals surface area (Å²) in [5, 5.41) is 8.84. The average Bonchev–Trinajstić information content (AvgIpc) is 2.05. The van der Waals surface area contributed by atoms with Crippen molar-refractivity contribution in [3.05, 3.63) is 12.2 Å². The number of aliphatic hydroxyl groups excluding tert-OH is 1. The van der Waals surface area contributed by atoms with Gasteiger partial charge in [0.25, 0.3) is 0 Å². The first kappa shape index (κ1) is 11.7. The molecule has 1 N–H and O–H groups in total. The van der Waals surface area contributed by atoms with E-state index in [0.29, 0.717) is 0 Å². The van der Waals surface area contributed by atoms with E-state index in [9.17, 15) is 0 Å². The zero-order chi connectivity index (χ0) is 8.27. The molecule has 0 amide bonds. The van der Waals surface area contributed by atoms with Gasteiger partial charge in [-0.1, -0.05) is 19.6 Å². The second-order valence-corrected chi connectivity index (χ2v) is 3.21. The van der Waals surface area contributed by atoms with Crippen molar-refractivity contribution < 1.29 is 9.84 Å². The van der Waals surface area contributed by atoms with Crippen molar-refractivity contribution in [1.29, 1.82) is 0 Å². The van der Waals surface area contributed by atoms with Crippen molar-refractivity contribution in [2.75, 3.05) is 6.61 Å². The Morgan fingerprint density at radius 2 is 2.25 bits per heavy atom. The predicted molar refractivity (Wildman–Crippen MR) is 51.1 cm³/mol. The summed E-state index contributed by atoms with van der Waals surface area (Å²) in [6, 6.07) is 0. The highest BCUT2D eigenvalue weighted by Gasteiger charge is 2.21. The number of aliphatic hydroxyl groups is 1. The lowest BCUT2D eigenvalue weighted by atomic mass is 10.0. The van der Waals surface area contributed by atoms with Crippen LogP contribution in [0, 0.1) is 0 Å². The number of rotatable bonds is 2. The van der Waals surface area contributed by atoms with Gasteiger partial charge in [0.2, 0.25) is 0 Å². The van der Waals surface area contributed by atoms with Crippen molar-refractivity contribution in [1.82, 2.24) is 0 Å². The van der Waals surface area contributed by atoms with Gasteiger partial charge in [0, 0.05) is 0 Å². The van der Waals surface area contributed by atoms with Crippen LogP contribution in [-0.2, 0) is 4.74 Å². The Labute approximate surface area is 75.2 Å². The standard InChI is InChI=1S/C9H16O2.CH4/c1-7(2)9-5-3-4-8(6-10)11-9;/h8-10H,1,3-6H2,2H3;1H4/t8-,9+;/m0./s1. The maximum atomic E-state index is 8.84. The molecule has 0 bridgehead atoms. The number of hydrogen-bond donors (Lipinski definition) is 1. The molecule has 72 valence electrons. The zero-order valence-electron chi connectivity index (χ0n) is 7.05. The highest BCUT2D eigenvalue weighted by Crippen LogP contribution is 2.22. The highest BCUT2D eigenvalue weighted by atomic mass is 16.5. The van der Waals surface area contributed by atoms with Crippen LogP contribution in [0.2, 0.25) is 0 Å². The highest BCUT2D eigenvalue weighted by molar-refractivity contribution is 4.99. The van der Waals surface area contributed by atoms with E-state index in [1.165, 1.54) is 0 Å². The van der Waals surface area contributed by atoms with Gasteiger partial charge in [-0.25, -0.2) is 0 Å². The molecule has 1 saturated heterocycles. The van der Waals surface area contributed by atoms with Crippen molar-refractivity contribution in [3.63, 3.8) is 0 Å². The molecule has 2 nitrogen and oxygen atoms in total. The summed E-state index contributed by atoms with van der Waals surface area (Å²) >= 11 is 0. The lowest BCUT2D eigenvalue weighted by Gasteiger charge is -2.29. The zero-order valence-corrected chi connectivity index (χ0v) is 7.05. The normalized spacial score (nSPS) is 29.2. The molecule has 0 aliphatic carbocycles. The largest absolute Gasteiger partial charge is 0.394 e. The Morgan fingerprint density at radius 1 is 1.58 bits per heavy atom. The topological polar surface area (TPSA) is 29.5 Å². The van der Waals surface area contributed by atoms with Crippen LogP contribution in [0.15, 0.2) is 12.2 Å². The number of ether oxygens (including phenoxy) is 1. The van der Waals surface area contributed by atoms with E-state index in [0.717, 1.165) is 24.8 Å². The van der Waals surface area contributed by atoms with Gasteiger partial charge in [0.1, 0.15) is 0 Å². The molecule has 0 saturated carbocycles. The minimum absolute atomic E-state index is 0. The summed E-state index contributed by atoms with van der Waals surface area (Å²) in [4.78, 5) is 0. The predicted octanol–water partition coefficient (Wildman–Crippen LogP) is 2.13. The van der Waals surface area contributed by atoms with Crippen molar-refractivity contribution in [2.45, 2.75) is 45.8 Å². The molecular formula is C10H20O2. The van der Waals surface area contributed by atoms with Crippen molar-refractivity contribution in [3.8, 4) is 0 Å². The summed E-state index contributed by atoms with van der Waals surface area (Å²) in [6.45, 7) is 5.96. The van der Waals surface area contributed by atoms with Gasteiger partial charge in [0.15, 0.2) is 0 Å². The molecule has 0 aromatic carbocycles. The van der Waals surface area contributed by atoms with Gasteiger partial charge < -0.3 is 9.84 Å². The summed E-state index contributed by atoms with van der Waals surface area (Å²) in [5.41, 5.74) is 1.07. The van der Waals surface area contributed by atoms with Crippen molar-refractivity contribution in [2.24, 2.45) is 0 Å². The minimum Gasteiger partial charge on any atom is -0.394 e. The lowest BCUT2D eigenvalue weighted by Crippen LogP contribution is -2.30. The molecule has 0 aromatic rings. The summed E-state index contributed by atoms with van der Waals surface area (Å²) in [7, 11) is 0. The summed E-state index contributed by atoms with van der Waals surface area (Å²) in [6.07, 6.45) is 3.42. The van der Waals surface area contributed by atoms with E-state index >= 15 is 0 Å². The van der Waals surface area contributed by atoms with Crippen molar-refractivity contribution >= 4 is 0 Å². The SMILES string of the molecule is C.C=C(C)[C@H]1CCC[C@@H](CO)O1. The molecule has 1 fully saturated rings. The van der Waals surface area contributed by atoms with Gasteiger partial charge in [-0.05, 0) is 26.2 Å². The second-order valence-electron chi connectivity index (χ2n) is 3.21. The van der Waals surface area contributed by atoms with Gasteiger partial charge in [-0.3, -0.25) is 0 Å². The van der Waals surface area contributed by atoms with Crippen LogP contribution in [-0.4, -0.2) is 23.9 Å². The first-order valence-corrected chi connectivity index (χ1v) is 4.15. The molecule has 1 aliphatic rings. The number of hydrogen-bond acceptors (Lipinski definition) is 2. The maximum absolute atomic E-state index is 8.84. The molecule has 12 heavy (non-hydrogen) atoms. The smallest absolute Gasteiger partial charge is 0.0814 e. The average molecular weight is 172 g/mol. The molecule has 0 radical (unpaired) electrons. The molecule has 2 heteroatoms. The van der Waals surface area contributed by atoms with Crippen LogP contribution in [0.3, 0.4) is 0 Å². The third-order valence-electron chi connectivity index (χ3n) is 2.10. The lowest BCUT2D eigenvalue weighted by molar-refractivity contribution is -0.0555. The third-order valence-corrected chi connectivity index (χ3v) is 2.10. The fourth-order valence-electron chi connectivity index (χ4n) is 1.40. The third kappa shape index (κ3) is 2.95. The van der Waals surface area contributed by atoms with E-state index < -0.39 is 0 Å². The first-order valence-electron chi connectivity index (χ1n) is 4.15. The van der Waals surface area contributed by atoms with E-state index in [2.05, 4.69) is 6.58 Å². The Kier molecular flexibility index (Phi) is 5.18. The summed E-state index contributed by atoms with van der Waals surface area (Å²) in [5.74, 6) is 0. The minimum atomic E-state index is 0. The van der Waals surface area contributed by atoms with Crippen LogP contribution in [0.4, 0.5) is 0 Å². The molecule has 0 unspecified atom stereocenters. The molecule has 0 aromatic heterocycles. The molecule has 2 atom stereocenters. The Hall–Kier alpha value is -0.340. The van der Waals surface area contributed by atoms with Gasteiger partial charge in [0.05, 0.1) is 18.8 Å². The fraction of sp³-hybridized carbons (Fsp3) is 0.800. The second kappa shape index (κ2) is 5.33. The van der Waals surface area contributed by atoms with E-state index in [-0.39, 0.29) is 26.2 Å². The Bertz CT molecular complexity index is 143. The molecule has 1 heterocycles. The molecule has 1 aliphatic heterocycles. The fourth-order valence-corrected chi connectivity index (χ4v) is 1.40. The van der Waals surface area contributed by atoms with Gasteiger partial charge in [-0.15, -0.1) is 0 Å². The van der Waals surface area contributed by atoms with Crippen LogP contribution in [0.25, 0.3) is 0 Å². The first-order chi connectivity index (χ1) is 5.24. The summed E-state index contributed by atoms with van der Waals surface area (Å²) < 4.78 is 5.55. The Morgan fingerprint density at radius 3 is 2.75 bits per heavy atom. The van der Waals surface area contributed by atoms with Crippen LogP contribution in [0.5, 0.6) is 0 Å². The van der Waals surface area contributed by atoms with E-state index in [1.807, 2.05) is 6.92 Å².